The Morgan fingerprint density at radius 1 is 1.27 bits per heavy atom. The third-order valence-electron chi connectivity index (χ3n) is 3.02. The van der Waals surface area contributed by atoms with E-state index in [9.17, 15) is 0 Å². The van der Waals surface area contributed by atoms with Crippen molar-refractivity contribution in [3.8, 4) is 11.8 Å². The van der Waals surface area contributed by atoms with Gasteiger partial charge in [0.1, 0.15) is 5.75 Å². The minimum atomic E-state index is 0.638. The smallest absolute Gasteiger partial charge is 0.210 e. The van der Waals surface area contributed by atoms with E-state index in [0.29, 0.717) is 17.3 Å². The fraction of sp³-hybridized carbons (Fsp3) is 0.118. The topological polar surface area (TPSA) is 58.3 Å². The van der Waals surface area contributed by atoms with E-state index >= 15 is 0 Å². The van der Waals surface area contributed by atoms with Gasteiger partial charge in [0.2, 0.25) is 5.13 Å². The summed E-state index contributed by atoms with van der Waals surface area (Å²) < 4.78 is 6.55. The summed E-state index contributed by atoms with van der Waals surface area (Å²) in [5, 5.41) is 9.48. The number of nitrogens with zero attached hydrogens (tertiary/aromatic N) is 3. The molecule has 3 aromatic rings. The molecule has 0 amide bonds. The van der Waals surface area contributed by atoms with E-state index in [0.717, 1.165) is 21.5 Å². The first-order valence-electron chi connectivity index (χ1n) is 6.86. The van der Waals surface area contributed by atoms with Gasteiger partial charge in [0.05, 0.1) is 28.5 Å². The SMILES string of the molecule is CCOc1ccc2sc(/N=C/c3ccc(C#N)cc3)nc2c1. The molecule has 0 N–H and O–H groups in total. The van der Waals surface area contributed by atoms with Gasteiger partial charge in [-0.05, 0) is 36.8 Å². The van der Waals surface area contributed by atoms with Gasteiger partial charge in [0.15, 0.2) is 0 Å². The van der Waals surface area contributed by atoms with Crippen LogP contribution < -0.4 is 4.74 Å². The first kappa shape index (κ1) is 14.2. The van der Waals surface area contributed by atoms with Gasteiger partial charge in [-0.2, -0.15) is 5.26 Å². The van der Waals surface area contributed by atoms with Crippen molar-refractivity contribution in [1.82, 2.24) is 4.98 Å². The van der Waals surface area contributed by atoms with Crippen LogP contribution in [0, 0.1) is 11.3 Å². The molecule has 0 fully saturated rings. The summed E-state index contributed by atoms with van der Waals surface area (Å²) in [7, 11) is 0. The van der Waals surface area contributed by atoms with Gasteiger partial charge in [-0.1, -0.05) is 23.5 Å². The van der Waals surface area contributed by atoms with Crippen molar-refractivity contribution in [3.63, 3.8) is 0 Å². The van der Waals surface area contributed by atoms with E-state index in [1.807, 2.05) is 37.3 Å². The van der Waals surface area contributed by atoms with Crippen LogP contribution in [-0.4, -0.2) is 17.8 Å². The summed E-state index contributed by atoms with van der Waals surface area (Å²) in [5.41, 5.74) is 2.47. The molecule has 0 aliphatic heterocycles. The van der Waals surface area contributed by atoms with Crippen molar-refractivity contribution < 1.29 is 4.74 Å². The number of benzene rings is 2. The van der Waals surface area contributed by atoms with E-state index in [2.05, 4.69) is 16.0 Å². The van der Waals surface area contributed by atoms with E-state index in [-0.39, 0.29) is 0 Å². The minimum Gasteiger partial charge on any atom is -0.494 e. The molecule has 0 aliphatic carbocycles. The maximum Gasteiger partial charge on any atom is 0.210 e. The minimum absolute atomic E-state index is 0.638. The quantitative estimate of drug-likeness (QED) is 0.674. The number of aromatic nitrogens is 1. The predicted octanol–water partition coefficient (Wildman–Crippen LogP) is 4.32. The molecular formula is C17H13N3OS. The van der Waals surface area contributed by atoms with Gasteiger partial charge in [-0.15, -0.1) is 0 Å². The molecule has 3 rings (SSSR count). The van der Waals surface area contributed by atoms with Crippen molar-refractivity contribution in [1.29, 1.82) is 5.26 Å². The third-order valence-corrected chi connectivity index (χ3v) is 3.97. The molecule has 0 bridgehead atoms. The van der Waals surface area contributed by atoms with E-state index in [1.165, 1.54) is 11.3 Å². The van der Waals surface area contributed by atoms with Crippen LogP contribution in [0.3, 0.4) is 0 Å². The molecule has 5 heteroatoms. The molecule has 1 heterocycles. The highest BCUT2D eigenvalue weighted by atomic mass is 32.1. The maximum atomic E-state index is 8.78. The molecule has 108 valence electrons. The molecular weight excluding hydrogens is 294 g/mol. The van der Waals surface area contributed by atoms with Crippen LogP contribution in [0.2, 0.25) is 0 Å². The van der Waals surface area contributed by atoms with Crippen LogP contribution in [0.15, 0.2) is 47.5 Å². The first-order valence-corrected chi connectivity index (χ1v) is 7.68. The molecule has 0 spiro atoms. The summed E-state index contributed by atoms with van der Waals surface area (Å²) in [6.45, 7) is 2.60. The highest BCUT2D eigenvalue weighted by molar-refractivity contribution is 7.22. The van der Waals surface area contributed by atoms with Crippen molar-refractivity contribution in [2.45, 2.75) is 6.92 Å². The molecule has 0 saturated carbocycles. The zero-order valence-electron chi connectivity index (χ0n) is 12.0. The summed E-state index contributed by atoms with van der Waals surface area (Å²) >= 11 is 1.53. The number of nitriles is 1. The lowest BCUT2D eigenvalue weighted by molar-refractivity contribution is 0.340. The van der Waals surface area contributed by atoms with Gasteiger partial charge in [0.25, 0.3) is 0 Å². The summed E-state index contributed by atoms with van der Waals surface area (Å²) in [5.74, 6) is 0.822. The van der Waals surface area contributed by atoms with E-state index < -0.39 is 0 Å². The second kappa shape index (κ2) is 6.37. The predicted molar refractivity (Wildman–Crippen MR) is 89.2 cm³/mol. The number of hydrogen-bond donors (Lipinski definition) is 0. The van der Waals surface area contributed by atoms with Crippen LogP contribution in [0.25, 0.3) is 10.2 Å². The average molecular weight is 307 g/mol. The Bertz CT molecular complexity index is 860. The summed E-state index contributed by atoms with van der Waals surface area (Å²) in [6, 6.07) is 15.2. The van der Waals surface area contributed by atoms with Crippen LogP contribution in [0.5, 0.6) is 5.75 Å². The zero-order valence-corrected chi connectivity index (χ0v) is 12.8. The molecule has 0 atom stereocenters. The lowest BCUT2D eigenvalue weighted by Gasteiger charge is -2.00. The zero-order chi connectivity index (χ0) is 15.4. The summed E-state index contributed by atoms with van der Waals surface area (Å²) in [6.07, 6.45) is 1.75. The third kappa shape index (κ3) is 3.13. The number of ether oxygens (including phenoxy) is 1. The van der Waals surface area contributed by atoms with Crippen molar-refractivity contribution in [2.24, 2.45) is 4.99 Å². The average Bonchev–Trinajstić information content (AvgIpc) is 2.96. The Balaban J connectivity index is 1.83. The Hall–Kier alpha value is -2.71. The van der Waals surface area contributed by atoms with Gasteiger partial charge in [-0.3, -0.25) is 0 Å². The Morgan fingerprint density at radius 2 is 2.09 bits per heavy atom. The largest absolute Gasteiger partial charge is 0.494 e. The van der Waals surface area contributed by atoms with Crippen molar-refractivity contribution in [2.75, 3.05) is 6.61 Å². The first-order chi connectivity index (χ1) is 10.8. The second-order valence-electron chi connectivity index (χ2n) is 4.55. The van der Waals surface area contributed by atoms with Crippen LogP contribution in [0.1, 0.15) is 18.1 Å². The lowest BCUT2D eigenvalue weighted by Crippen LogP contribution is -1.90. The van der Waals surface area contributed by atoms with Crippen LogP contribution in [-0.2, 0) is 0 Å². The molecule has 0 saturated heterocycles. The highest BCUT2D eigenvalue weighted by Crippen LogP contribution is 2.30. The number of fused-ring (bicyclic) bond motifs is 1. The normalized spacial score (nSPS) is 10.9. The molecule has 0 unspecified atom stereocenters. The Kier molecular flexibility index (Phi) is 4.12. The monoisotopic (exact) mass is 307 g/mol. The molecule has 22 heavy (non-hydrogen) atoms. The Morgan fingerprint density at radius 3 is 2.82 bits per heavy atom. The van der Waals surface area contributed by atoms with Gasteiger partial charge in [-0.25, -0.2) is 9.98 Å². The highest BCUT2D eigenvalue weighted by Gasteiger charge is 2.04. The van der Waals surface area contributed by atoms with Gasteiger partial charge in [0, 0.05) is 12.3 Å². The molecule has 2 aromatic carbocycles. The molecule has 0 aliphatic rings. The van der Waals surface area contributed by atoms with Gasteiger partial charge < -0.3 is 4.74 Å². The number of rotatable bonds is 4. The van der Waals surface area contributed by atoms with E-state index in [1.54, 1.807) is 18.3 Å². The fourth-order valence-corrected chi connectivity index (χ4v) is 2.77. The molecule has 0 radical (unpaired) electrons. The fourth-order valence-electron chi connectivity index (χ4n) is 1.98. The molecule has 1 aromatic heterocycles. The molecule has 4 nitrogen and oxygen atoms in total. The standard InChI is InChI=1S/C17H13N3OS/c1-2-21-14-7-8-16-15(9-14)20-17(22-16)19-11-13-5-3-12(10-18)4-6-13/h3-9,11H,2H2,1H3/b19-11+. The number of thiazole rings is 1. The van der Waals surface area contributed by atoms with E-state index in [4.69, 9.17) is 10.00 Å². The van der Waals surface area contributed by atoms with Crippen LogP contribution in [0.4, 0.5) is 5.13 Å². The van der Waals surface area contributed by atoms with Gasteiger partial charge >= 0.3 is 0 Å². The van der Waals surface area contributed by atoms with Crippen LogP contribution >= 0.6 is 11.3 Å². The summed E-state index contributed by atoms with van der Waals surface area (Å²) in [4.78, 5) is 8.90. The number of aliphatic imine (C=N–C) groups is 1. The number of hydrogen-bond acceptors (Lipinski definition) is 5. The maximum absolute atomic E-state index is 8.78. The van der Waals surface area contributed by atoms with Crippen molar-refractivity contribution in [3.05, 3.63) is 53.6 Å². The second-order valence-corrected chi connectivity index (χ2v) is 5.56. The van der Waals surface area contributed by atoms with Crippen molar-refractivity contribution >= 4 is 32.9 Å². The Labute approximate surface area is 132 Å². The lowest BCUT2D eigenvalue weighted by atomic mass is 10.2.